The van der Waals surface area contributed by atoms with Crippen LogP contribution in [0.5, 0.6) is 0 Å². The molecular formula is C23H23ClFN7. The average molecular weight is 452 g/mol. The maximum absolute atomic E-state index is 13.5. The molecule has 3 aromatic heterocycles. The molecule has 0 amide bonds. The fourth-order valence-electron chi connectivity index (χ4n) is 4.18. The molecule has 1 aromatic carbocycles. The van der Waals surface area contributed by atoms with E-state index < -0.39 is 0 Å². The van der Waals surface area contributed by atoms with Gasteiger partial charge in [-0.2, -0.15) is 15.2 Å². The Morgan fingerprint density at radius 2 is 1.91 bits per heavy atom. The van der Waals surface area contributed by atoms with Crippen LogP contribution in [0.15, 0.2) is 42.7 Å². The molecule has 0 spiro atoms. The van der Waals surface area contributed by atoms with Crippen LogP contribution in [0.3, 0.4) is 0 Å². The number of fused-ring (bicyclic) bond motifs is 1. The van der Waals surface area contributed by atoms with Crippen molar-refractivity contribution < 1.29 is 4.39 Å². The van der Waals surface area contributed by atoms with Crippen molar-refractivity contribution in [2.45, 2.75) is 32.7 Å². The fourth-order valence-corrected chi connectivity index (χ4v) is 4.45. The van der Waals surface area contributed by atoms with Gasteiger partial charge in [0.15, 0.2) is 5.65 Å². The summed E-state index contributed by atoms with van der Waals surface area (Å²) in [5.74, 6) is 0.213. The normalized spacial score (nSPS) is 14.8. The highest BCUT2D eigenvalue weighted by molar-refractivity contribution is 6.33. The van der Waals surface area contributed by atoms with Crippen molar-refractivity contribution in [2.75, 3.05) is 23.3 Å². The van der Waals surface area contributed by atoms with E-state index in [1.165, 1.54) is 12.1 Å². The third-order valence-electron chi connectivity index (χ3n) is 5.75. The summed E-state index contributed by atoms with van der Waals surface area (Å²) in [5.41, 5.74) is 5.28. The van der Waals surface area contributed by atoms with Crippen molar-refractivity contribution in [1.82, 2.24) is 24.8 Å². The van der Waals surface area contributed by atoms with E-state index >= 15 is 0 Å². The first-order valence-electron chi connectivity index (χ1n) is 10.6. The molecule has 164 valence electrons. The highest BCUT2D eigenvalue weighted by atomic mass is 35.5. The van der Waals surface area contributed by atoms with E-state index in [-0.39, 0.29) is 11.9 Å². The molecule has 32 heavy (non-hydrogen) atoms. The van der Waals surface area contributed by atoms with Crippen LogP contribution in [0.4, 0.5) is 16.0 Å². The molecule has 0 aliphatic carbocycles. The van der Waals surface area contributed by atoms with Crippen molar-refractivity contribution in [3.8, 4) is 11.1 Å². The van der Waals surface area contributed by atoms with Gasteiger partial charge in [-0.15, -0.1) is 5.10 Å². The summed E-state index contributed by atoms with van der Waals surface area (Å²) >= 11 is 6.33. The van der Waals surface area contributed by atoms with Gasteiger partial charge in [0.05, 0.1) is 22.6 Å². The van der Waals surface area contributed by atoms with Crippen molar-refractivity contribution in [2.24, 2.45) is 0 Å². The number of aromatic nitrogens is 5. The highest BCUT2D eigenvalue weighted by Gasteiger charge is 2.22. The molecule has 0 atom stereocenters. The predicted octanol–water partition coefficient (Wildman–Crippen LogP) is 4.68. The summed E-state index contributed by atoms with van der Waals surface area (Å²) in [6.07, 6.45) is 5.67. The van der Waals surface area contributed by atoms with Gasteiger partial charge in [-0.1, -0.05) is 11.6 Å². The molecule has 9 heteroatoms. The molecule has 5 rings (SSSR count). The largest absolute Gasteiger partial charge is 0.370 e. The molecule has 4 heterocycles. The van der Waals surface area contributed by atoms with Crippen LogP contribution in [-0.2, 0) is 0 Å². The van der Waals surface area contributed by atoms with Crippen LogP contribution in [0, 0.1) is 19.7 Å². The molecule has 1 saturated heterocycles. The molecular weight excluding hydrogens is 429 g/mol. The Hall–Kier alpha value is -3.26. The lowest BCUT2D eigenvalue weighted by atomic mass is 10.0. The number of halogens is 2. The van der Waals surface area contributed by atoms with Gasteiger partial charge in [0.1, 0.15) is 5.82 Å². The molecule has 0 bridgehead atoms. The highest BCUT2D eigenvalue weighted by Crippen LogP contribution is 2.32. The number of anilines is 2. The van der Waals surface area contributed by atoms with Crippen LogP contribution in [0.25, 0.3) is 16.8 Å². The molecule has 1 aliphatic rings. The number of rotatable bonds is 4. The number of pyridine rings is 1. The zero-order valence-electron chi connectivity index (χ0n) is 17.9. The van der Waals surface area contributed by atoms with Crippen LogP contribution in [-0.4, -0.2) is 43.9 Å². The molecule has 1 aliphatic heterocycles. The monoisotopic (exact) mass is 451 g/mol. The van der Waals surface area contributed by atoms with Gasteiger partial charge in [0.2, 0.25) is 5.95 Å². The molecule has 1 fully saturated rings. The van der Waals surface area contributed by atoms with E-state index in [9.17, 15) is 4.39 Å². The van der Waals surface area contributed by atoms with Gasteiger partial charge < -0.3 is 10.2 Å². The summed E-state index contributed by atoms with van der Waals surface area (Å²) in [6.45, 7) is 5.78. The van der Waals surface area contributed by atoms with E-state index in [1.807, 2.05) is 32.3 Å². The lowest BCUT2D eigenvalue weighted by Crippen LogP contribution is -2.39. The minimum Gasteiger partial charge on any atom is -0.370 e. The average Bonchev–Trinajstić information content (AvgIpc) is 3.16. The Labute approximate surface area is 190 Å². The molecule has 4 aromatic rings. The fraction of sp³-hybridized carbons (Fsp3) is 0.304. The maximum atomic E-state index is 13.5. The minimum atomic E-state index is -0.365. The number of hydrogen-bond acceptors (Lipinski definition) is 6. The summed E-state index contributed by atoms with van der Waals surface area (Å²) in [6, 6.07) is 8.74. The van der Waals surface area contributed by atoms with Crippen LogP contribution >= 0.6 is 11.6 Å². The summed E-state index contributed by atoms with van der Waals surface area (Å²) < 4.78 is 15.3. The van der Waals surface area contributed by atoms with E-state index in [1.54, 1.807) is 10.6 Å². The molecule has 7 nitrogen and oxygen atoms in total. The summed E-state index contributed by atoms with van der Waals surface area (Å²) in [7, 11) is 0. The maximum Gasteiger partial charge on any atom is 0.243 e. The Morgan fingerprint density at radius 3 is 2.66 bits per heavy atom. The summed E-state index contributed by atoms with van der Waals surface area (Å²) in [5, 5.41) is 16.6. The molecule has 0 unspecified atom stereocenters. The van der Waals surface area contributed by atoms with Crippen LogP contribution in [0.1, 0.15) is 24.1 Å². The van der Waals surface area contributed by atoms with Crippen LogP contribution in [0.2, 0.25) is 5.02 Å². The smallest absolute Gasteiger partial charge is 0.243 e. The second-order valence-electron chi connectivity index (χ2n) is 8.22. The molecule has 0 saturated carbocycles. The minimum absolute atomic E-state index is 0.276. The van der Waals surface area contributed by atoms with E-state index in [0.29, 0.717) is 16.6 Å². The number of hydrogen-bond donors (Lipinski definition) is 1. The van der Waals surface area contributed by atoms with Crippen molar-refractivity contribution in [3.63, 3.8) is 0 Å². The van der Waals surface area contributed by atoms with E-state index in [0.717, 1.165) is 54.0 Å². The zero-order chi connectivity index (χ0) is 22.2. The van der Waals surface area contributed by atoms with Gasteiger partial charge in [0, 0.05) is 36.5 Å². The SMILES string of the molecule is Cc1cc(-c2ccc(F)cc2Cl)c2nc(NC3CCN(c4cnnc(C)c4)CC3)nn2c1. The quantitative estimate of drug-likeness (QED) is 0.486. The Bertz CT molecular complexity index is 1280. The van der Waals surface area contributed by atoms with E-state index in [2.05, 4.69) is 31.6 Å². The number of aryl methyl sites for hydroxylation is 2. The van der Waals surface area contributed by atoms with Crippen molar-refractivity contribution in [3.05, 3.63) is 64.8 Å². The molecule has 0 radical (unpaired) electrons. The summed E-state index contributed by atoms with van der Waals surface area (Å²) in [4.78, 5) is 7.06. The van der Waals surface area contributed by atoms with E-state index in [4.69, 9.17) is 16.6 Å². The Morgan fingerprint density at radius 1 is 1.09 bits per heavy atom. The van der Waals surface area contributed by atoms with Crippen molar-refractivity contribution in [1.29, 1.82) is 0 Å². The van der Waals surface area contributed by atoms with Gasteiger partial charge in [0.25, 0.3) is 0 Å². The predicted molar refractivity (Wildman–Crippen MR) is 124 cm³/mol. The zero-order valence-corrected chi connectivity index (χ0v) is 18.6. The lowest BCUT2D eigenvalue weighted by molar-refractivity contribution is 0.523. The first kappa shape index (κ1) is 20.6. The van der Waals surface area contributed by atoms with Crippen molar-refractivity contribution >= 4 is 28.9 Å². The number of nitrogens with one attached hydrogen (secondary N) is 1. The van der Waals surface area contributed by atoms with Gasteiger partial charge in [-0.3, -0.25) is 0 Å². The first-order chi connectivity index (χ1) is 15.5. The van der Waals surface area contributed by atoms with Gasteiger partial charge >= 0.3 is 0 Å². The number of piperidine rings is 1. The third-order valence-corrected chi connectivity index (χ3v) is 6.06. The second kappa shape index (κ2) is 8.35. The van der Waals surface area contributed by atoms with Gasteiger partial charge in [-0.25, -0.2) is 8.91 Å². The second-order valence-corrected chi connectivity index (χ2v) is 8.63. The lowest BCUT2D eigenvalue weighted by Gasteiger charge is -2.33. The third kappa shape index (κ3) is 4.10. The number of nitrogens with zero attached hydrogens (tertiary/aromatic N) is 6. The van der Waals surface area contributed by atoms with Crippen LogP contribution < -0.4 is 10.2 Å². The Balaban J connectivity index is 1.36. The van der Waals surface area contributed by atoms with Gasteiger partial charge in [-0.05, 0) is 62.6 Å². The molecule has 1 N–H and O–H groups in total. The number of benzene rings is 1. The Kier molecular flexibility index (Phi) is 5.38. The topological polar surface area (TPSA) is 71.2 Å². The standard InChI is InChI=1S/C23H23ClFN7/c1-14-9-20(19-4-3-16(25)11-21(19)24)22-28-23(30-32(22)13-14)27-17-5-7-31(8-6-17)18-10-15(2)29-26-12-18/h3-4,9-13,17H,5-8H2,1-2H3,(H,27,30). The first-order valence-corrected chi connectivity index (χ1v) is 11.0.